The third-order valence-electron chi connectivity index (χ3n) is 3.87. The Labute approximate surface area is 163 Å². The highest BCUT2D eigenvalue weighted by molar-refractivity contribution is 5.65. The van der Waals surface area contributed by atoms with Crippen LogP contribution in [0.3, 0.4) is 0 Å². The largest absolute Gasteiger partial charge is 0.394 e. The summed E-state index contributed by atoms with van der Waals surface area (Å²) in [4.78, 5) is 8.47. The summed E-state index contributed by atoms with van der Waals surface area (Å²) in [6, 6.07) is 10.2. The molecule has 0 bridgehead atoms. The lowest BCUT2D eigenvalue weighted by molar-refractivity contribution is 0.281. The van der Waals surface area contributed by atoms with Crippen molar-refractivity contribution in [2.24, 2.45) is 0 Å². The van der Waals surface area contributed by atoms with E-state index in [1.807, 2.05) is 6.07 Å². The van der Waals surface area contributed by atoms with Gasteiger partial charge in [0.2, 0.25) is 5.95 Å². The minimum absolute atomic E-state index is 0.0648. The molecule has 0 aliphatic carbocycles. The molecular weight excluding hydrogens is 390 g/mol. The zero-order valence-corrected chi connectivity index (χ0v) is 15.2. The quantitative estimate of drug-likeness (QED) is 0.270. The second-order valence-electron chi connectivity index (χ2n) is 6.15. The summed E-state index contributed by atoms with van der Waals surface area (Å²) in [5, 5.41) is 12.1. The van der Waals surface area contributed by atoms with Crippen LogP contribution in [0.25, 0.3) is 11.3 Å². The van der Waals surface area contributed by atoms with E-state index in [0.717, 1.165) is 5.56 Å². The molecular formula is C19H17F4N5O. The Hall–Kier alpha value is -3.40. The van der Waals surface area contributed by atoms with E-state index in [0.29, 0.717) is 5.69 Å². The molecule has 1 heterocycles. The molecule has 1 atom stereocenters. The zero-order valence-electron chi connectivity index (χ0n) is 15.2. The maximum absolute atomic E-state index is 13.8. The number of aliphatic hydroxyl groups excluding tert-OH is 1. The number of nitrogens with zero attached hydrogens (tertiary/aromatic N) is 2. The molecule has 0 unspecified atom stereocenters. The molecule has 4 N–H and O–H groups in total. The summed E-state index contributed by atoms with van der Waals surface area (Å²) in [6.45, 7) is 1.52. The van der Waals surface area contributed by atoms with Gasteiger partial charge in [0.1, 0.15) is 5.69 Å². The Morgan fingerprint density at radius 3 is 2.21 bits per heavy atom. The van der Waals surface area contributed by atoms with E-state index in [1.165, 1.54) is 6.07 Å². The summed E-state index contributed by atoms with van der Waals surface area (Å²) in [7, 11) is 0. The second-order valence-corrected chi connectivity index (χ2v) is 6.15. The van der Waals surface area contributed by atoms with E-state index < -0.39 is 29.0 Å². The lowest BCUT2D eigenvalue weighted by atomic mass is 10.1. The van der Waals surface area contributed by atoms with E-state index >= 15 is 0 Å². The van der Waals surface area contributed by atoms with E-state index in [9.17, 15) is 22.7 Å². The highest BCUT2D eigenvalue weighted by Gasteiger charge is 2.19. The fraction of sp³-hybridized carbons (Fsp3) is 0.158. The van der Waals surface area contributed by atoms with Gasteiger partial charge < -0.3 is 10.4 Å². The Morgan fingerprint density at radius 1 is 0.931 bits per heavy atom. The number of hydrazine groups is 1. The van der Waals surface area contributed by atoms with Crippen LogP contribution in [-0.2, 0) is 0 Å². The molecule has 6 nitrogen and oxygen atoms in total. The monoisotopic (exact) mass is 407 g/mol. The molecule has 152 valence electrons. The lowest BCUT2D eigenvalue weighted by Gasteiger charge is -2.15. The molecule has 3 rings (SSSR count). The SMILES string of the molecule is C[C@H](CO)Nc1nc(NNc2c(F)c(F)cc(F)c2F)cc(-c2ccccc2)n1. The Kier molecular flexibility index (Phi) is 6.13. The molecule has 0 saturated carbocycles. The van der Waals surface area contributed by atoms with Crippen LogP contribution in [0.1, 0.15) is 6.92 Å². The molecule has 29 heavy (non-hydrogen) atoms. The maximum Gasteiger partial charge on any atom is 0.225 e. The van der Waals surface area contributed by atoms with Crippen LogP contribution < -0.4 is 16.2 Å². The number of aromatic nitrogens is 2. The molecule has 0 spiro atoms. The van der Waals surface area contributed by atoms with Crippen LogP contribution in [0.15, 0.2) is 42.5 Å². The van der Waals surface area contributed by atoms with Crippen molar-refractivity contribution in [3.8, 4) is 11.3 Å². The van der Waals surface area contributed by atoms with Gasteiger partial charge in [-0.25, -0.2) is 22.5 Å². The van der Waals surface area contributed by atoms with Gasteiger partial charge in [-0.15, -0.1) is 0 Å². The minimum Gasteiger partial charge on any atom is -0.394 e. The fourth-order valence-corrected chi connectivity index (χ4v) is 2.41. The van der Waals surface area contributed by atoms with Crippen LogP contribution in [0, 0.1) is 23.3 Å². The predicted octanol–water partition coefficient (Wildman–Crippen LogP) is 3.93. The molecule has 0 amide bonds. The number of benzene rings is 2. The third kappa shape index (κ3) is 4.72. The average molecular weight is 407 g/mol. The van der Waals surface area contributed by atoms with E-state index in [-0.39, 0.29) is 30.5 Å². The number of rotatable bonds is 7. The van der Waals surface area contributed by atoms with Crippen LogP contribution in [0.2, 0.25) is 0 Å². The molecule has 0 aliphatic heterocycles. The summed E-state index contributed by atoms with van der Waals surface area (Å²) < 4.78 is 54.4. The zero-order chi connectivity index (χ0) is 21.0. The van der Waals surface area contributed by atoms with E-state index in [1.54, 1.807) is 31.2 Å². The van der Waals surface area contributed by atoms with Gasteiger partial charge in [0.25, 0.3) is 0 Å². The summed E-state index contributed by atoms with van der Waals surface area (Å²) in [6.07, 6.45) is 0. The van der Waals surface area contributed by atoms with Gasteiger partial charge in [-0.1, -0.05) is 30.3 Å². The molecule has 0 saturated heterocycles. The molecule has 3 aromatic rings. The van der Waals surface area contributed by atoms with Gasteiger partial charge in [0.05, 0.1) is 12.3 Å². The topological polar surface area (TPSA) is 82.1 Å². The number of anilines is 3. The van der Waals surface area contributed by atoms with Gasteiger partial charge in [0.15, 0.2) is 29.1 Å². The number of nitrogens with one attached hydrogen (secondary N) is 3. The van der Waals surface area contributed by atoms with Crippen LogP contribution >= 0.6 is 0 Å². The van der Waals surface area contributed by atoms with E-state index in [2.05, 4.69) is 26.1 Å². The first-order valence-corrected chi connectivity index (χ1v) is 8.56. The average Bonchev–Trinajstić information content (AvgIpc) is 2.72. The van der Waals surface area contributed by atoms with Crippen molar-refractivity contribution >= 4 is 17.5 Å². The van der Waals surface area contributed by atoms with Gasteiger partial charge in [-0.2, -0.15) is 4.98 Å². The van der Waals surface area contributed by atoms with Gasteiger partial charge >= 0.3 is 0 Å². The molecule has 10 heteroatoms. The van der Waals surface area contributed by atoms with E-state index in [4.69, 9.17) is 0 Å². The number of hydrogen-bond donors (Lipinski definition) is 4. The van der Waals surface area contributed by atoms with Crippen molar-refractivity contribution in [1.82, 2.24) is 9.97 Å². The van der Waals surface area contributed by atoms with Crippen LogP contribution in [0.5, 0.6) is 0 Å². The van der Waals surface area contributed by atoms with Gasteiger partial charge in [0, 0.05) is 23.7 Å². The highest BCUT2D eigenvalue weighted by Crippen LogP contribution is 2.25. The number of aliphatic hydroxyl groups is 1. The molecule has 0 fully saturated rings. The van der Waals surface area contributed by atoms with Crippen molar-refractivity contribution in [1.29, 1.82) is 0 Å². The van der Waals surface area contributed by atoms with Gasteiger partial charge in [-0.3, -0.25) is 10.9 Å². The number of halogens is 4. The Balaban J connectivity index is 1.93. The lowest BCUT2D eigenvalue weighted by Crippen LogP contribution is -2.22. The van der Waals surface area contributed by atoms with Crippen molar-refractivity contribution in [3.05, 3.63) is 65.7 Å². The summed E-state index contributed by atoms with van der Waals surface area (Å²) >= 11 is 0. The first-order chi connectivity index (χ1) is 13.9. The summed E-state index contributed by atoms with van der Waals surface area (Å²) in [5.74, 6) is -6.06. The van der Waals surface area contributed by atoms with Crippen LogP contribution in [0.4, 0.5) is 35.0 Å². The van der Waals surface area contributed by atoms with Crippen molar-refractivity contribution in [3.63, 3.8) is 0 Å². The second kappa shape index (κ2) is 8.74. The summed E-state index contributed by atoms with van der Waals surface area (Å²) in [5.41, 5.74) is 4.69. The van der Waals surface area contributed by atoms with Crippen molar-refractivity contribution in [2.75, 3.05) is 22.8 Å². The minimum atomic E-state index is -1.58. The Bertz CT molecular complexity index is 977. The molecule has 2 aromatic carbocycles. The molecule has 0 aliphatic rings. The van der Waals surface area contributed by atoms with Gasteiger partial charge in [-0.05, 0) is 6.92 Å². The smallest absolute Gasteiger partial charge is 0.225 e. The standard InChI is InChI=1S/C19H17F4N5O/c1-10(9-29)24-19-25-14(11-5-3-2-4-6-11)8-15(26-19)27-28-18-16(22)12(20)7-13(21)17(18)23/h2-8,10,28-29H,9H2,1H3,(H2,24,25,26,27)/t10-/m1/s1. The third-order valence-corrected chi connectivity index (χ3v) is 3.87. The highest BCUT2D eigenvalue weighted by atomic mass is 19.2. The number of hydrogen-bond acceptors (Lipinski definition) is 6. The molecule has 0 radical (unpaired) electrons. The Morgan fingerprint density at radius 2 is 1.59 bits per heavy atom. The fourth-order valence-electron chi connectivity index (χ4n) is 2.41. The van der Waals surface area contributed by atoms with Crippen molar-refractivity contribution in [2.45, 2.75) is 13.0 Å². The normalized spacial score (nSPS) is 11.8. The molecule has 1 aromatic heterocycles. The maximum atomic E-state index is 13.8. The van der Waals surface area contributed by atoms with Crippen molar-refractivity contribution < 1.29 is 22.7 Å². The van der Waals surface area contributed by atoms with Crippen LogP contribution in [-0.4, -0.2) is 27.7 Å². The predicted molar refractivity (Wildman–Crippen MR) is 101 cm³/mol. The first kappa shape index (κ1) is 20.3. The first-order valence-electron chi connectivity index (χ1n) is 8.56.